The number of nitrogens with one attached hydrogen (secondary N) is 1. The van der Waals surface area contributed by atoms with Crippen LogP contribution in [0.3, 0.4) is 0 Å². The van der Waals surface area contributed by atoms with Gasteiger partial charge in [0, 0.05) is 12.2 Å². The van der Waals surface area contributed by atoms with Crippen molar-refractivity contribution in [2.75, 3.05) is 16.8 Å². The molecule has 0 bridgehead atoms. The number of pyridine rings is 1. The molecule has 0 fully saturated rings. The van der Waals surface area contributed by atoms with Crippen LogP contribution in [-0.2, 0) is 11.2 Å². The molecule has 3 aromatic rings. The van der Waals surface area contributed by atoms with Crippen molar-refractivity contribution in [3.8, 4) is 0 Å². The number of carbonyl (C=O) groups is 1. The van der Waals surface area contributed by atoms with Gasteiger partial charge in [-0.2, -0.15) is 0 Å². The van der Waals surface area contributed by atoms with E-state index in [1.165, 1.54) is 6.07 Å². The summed E-state index contributed by atoms with van der Waals surface area (Å²) in [6.45, 7) is 2.86. The third kappa shape index (κ3) is 4.25. The summed E-state index contributed by atoms with van der Waals surface area (Å²) < 4.78 is 13.6. The summed E-state index contributed by atoms with van der Waals surface area (Å²) in [5, 5.41) is 2.71. The molecule has 0 unspecified atom stereocenters. The number of hydrogen-bond donors (Lipinski definition) is 1. The highest BCUT2D eigenvalue weighted by Gasteiger charge is 2.10. The average molecular weight is 349 g/mol. The van der Waals surface area contributed by atoms with Gasteiger partial charge in [0.15, 0.2) is 0 Å². The van der Waals surface area contributed by atoms with Gasteiger partial charge < -0.3 is 10.2 Å². The summed E-state index contributed by atoms with van der Waals surface area (Å²) in [6.07, 6.45) is 1.69. The maximum atomic E-state index is 13.6. The van der Waals surface area contributed by atoms with Crippen molar-refractivity contribution in [2.45, 2.75) is 13.3 Å². The van der Waals surface area contributed by atoms with E-state index in [0.29, 0.717) is 11.4 Å². The standard InChI is InChI=1S/C21H20FN3O/c1-2-25(17-9-4-3-5-10-17)18-12-13-20(23-15-18)24-21(26)14-16-8-6-7-11-19(16)22/h3-13,15H,2,14H2,1H3,(H,23,24,26). The SMILES string of the molecule is CCN(c1ccccc1)c1ccc(NC(=O)Cc2ccccc2F)nc1. The van der Waals surface area contributed by atoms with E-state index in [-0.39, 0.29) is 18.1 Å². The predicted octanol–water partition coefficient (Wildman–Crippen LogP) is 4.56. The number of amides is 1. The molecule has 26 heavy (non-hydrogen) atoms. The lowest BCUT2D eigenvalue weighted by atomic mass is 10.1. The summed E-state index contributed by atoms with van der Waals surface area (Å²) in [5.74, 6) is -0.239. The molecule has 0 aliphatic rings. The third-order valence-electron chi connectivity index (χ3n) is 4.02. The topological polar surface area (TPSA) is 45.2 Å². The maximum Gasteiger partial charge on any atom is 0.230 e. The maximum absolute atomic E-state index is 13.6. The lowest BCUT2D eigenvalue weighted by molar-refractivity contribution is -0.115. The van der Waals surface area contributed by atoms with Crippen molar-refractivity contribution < 1.29 is 9.18 Å². The number of carbonyl (C=O) groups excluding carboxylic acids is 1. The molecule has 0 atom stereocenters. The molecular formula is C21H20FN3O. The molecule has 0 aliphatic heterocycles. The number of benzene rings is 2. The Bertz CT molecular complexity index is 866. The first kappa shape index (κ1) is 17.6. The number of halogens is 1. The number of rotatable bonds is 6. The van der Waals surface area contributed by atoms with Crippen LogP contribution in [0.4, 0.5) is 21.6 Å². The number of aromatic nitrogens is 1. The predicted molar refractivity (Wildman–Crippen MR) is 102 cm³/mol. The molecule has 4 nitrogen and oxygen atoms in total. The smallest absolute Gasteiger partial charge is 0.230 e. The zero-order chi connectivity index (χ0) is 18.4. The minimum Gasteiger partial charge on any atom is -0.341 e. The Morgan fingerprint density at radius 3 is 2.38 bits per heavy atom. The number of nitrogens with zero attached hydrogens (tertiary/aromatic N) is 2. The van der Waals surface area contributed by atoms with Gasteiger partial charge in [-0.15, -0.1) is 0 Å². The Morgan fingerprint density at radius 1 is 1.00 bits per heavy atom. The fourth-order valence-corrected chi connectivity index (χ4v) is 2.74. The van der Waals surface area contributed by atoms with E-state index in [4.69, 9.17) is 0 Å². The summed E-state index contributed by atoms with van der Waals surface area (Å²) in [7, 11) is 0. The van der Waals surface area contributed by atoms with Crippen LogP contribution in [0.2, 0.25) is 0 Å². The number of anilines is 3. The first-order chi connectivity index (χ1) is 12.7. The van der Waals surface area contributed by atoms with Crippen molar-refractivity contribution in [1.82, 2.24) is 4.98 Å². The van der Waals surface area contributed by atoms with Crippen LogP contribution in [0.1, 0.15) is 12.5 Å². The molecule has 3 rings (SSSR count). The summed E-state index contributed by atoms with van der Waals surface area (Å²) >= 11 is 0. The van der Waals surface area contributed by atoms with Gasteiger partial charge >= 0.3 is 0 Å². The summed E-state index contributed by atoms with van der Waals surface area (Å²) in [6, 6.07) is 19.9. The van der Waals surface area contributed by atoms with E-state index in [1.807, 2.05) is 36.4 Å². The molecule has 0 radical (unpaired) electrons. The van der Waals surface area contributed by atoms with Crippen molar-refractivity contribution in [3.05, 3.63) is 84.3 Å². The molecule has 0 aliphatic carbocycles. The van der Waals surface area contributed by atoms with E-state index < -0.39 is 0 Å². The molecule has 2 aromatic carbocycles. The molecule has 5 heteroatoms. The van der Waals surface area contributed by atoms with E-state index in [1.54, 1.807) is 30.5 Å². The fourth-order valence-electron chi connectivity index (χ4n) is 2.74. The Labute approximate surface area is 152 Å². The van der Waals surface area contributed by atoms with Gasteiger partial charge in [0.25, 0.3) is 0 Å². The first-order valence-corrected chi connectivity index (χ1v) is 8.49. The largest absolute Gasteiger partial charge is 0.341 e. The van der Waals surface area contributed by atoms with E-state index in [0.717, 1.165) is 17.9 Å². The number of para-hydroxylation sites is 1. The average Bonchev–Trinajstić information content (AvgIpc) is 2.66. The van der Waals surface area contributed by atoms with Crippen LogP contribution < -0.4 is 10.2 Å². The second kappa shape index (κ2) is 8.25. The van der Waals surface area contributed by atoms with Crippen molar-refractivity contribution in [1.29, 1.82) is 0 Å². The Morgan fingerprint density at radius 2 is 1.73 bits per heavy atom. The second-order valence-electron chi connectivity index (χ2n) is 5.80. The van der Waals surface area contributed by atoms with E-state index >= 15 is 0 Å². The summed E-state index contributed by atoms with van der Waals surface area (Å²) in [4.78, 5) is 18.5. The van der Waals surface area contributed by atoms with Gasteiger partial charge in [-0.25, -0.2) is 9.37 Å². The van der Waals surface area contributed by atoms with Crippen LogP contribution in [0.25, 0.3) is 0 Å². The Hall–Kier alpha value is -3.21. The lowest BCUT2D eigenvalue weighted by Crippen LogP contribution is -2.18. The van der Waals surface area contributed by atoms with Crippen molar-refractivity contribution in [3.63, 3.8) is 0 Å². The molecule has 0 spiro atoms. The highest BCUT2D eigenvalue weighted by atomic mass is 19.1. The molecule has 1 amide bonds. The minimum absolute atomic E-state index is 0.0266. The van der Waals surface area contributed by atoms with Crippen LogP contribution in [0.15, 0.2) is 72.9 Å². The molecule has 1 N–H and O–H groups in total. The zero-order valence-electron chi connectivity index (χ0n) is 14.5. The van der Waals surface area contributed by atoms with Crippen LogP contribution in [-0.4, -0.2) is 17.4 Å². The molecular weight excluding hydrogens is 329 g/mol. The van der Waals surface area contributed by atoms with Gasteiger partial charge in [0.2, 0.25) is 5.91 Å². The van der Waals surface area contributed by atoms with Crippen LogP contribution in [0, 0.1) is 5.82 Å². The Balaban J connectivity index is 1.67. The van der Waals surface area contributed by atoms with Crippen molar-refractivity contribution in [2.24, 2.45) is 0 Å². The van der Waals surface area contributed by atoms with E-state index in [9.17, 15) is 9.18 Å². The normalized spacial score (nSPS) is 10.4. The summed E-state index contributed by atoms with van der Waals surface area (Å²) in [5.41, 5.74) is 2.38. The van der Waals surface area contributed by atoms with Gasteiger partial charge in [0.1, 0.15) is 11.6 Å². The third-order valence-corrected chi connectivity index (χ3v) is 4.02. The lowest BCUT2D eigenvalue weighted by Gasteiger charge is -2.23. The van der Waals surface area contributed by atoms with Gasteiger partial charge in [-0.05, 0) is 42.8 Å². The highest BCUT2D eigenvalue weighted by Crippen LogP contribution is 2.24. The molecule has 1 aromatic heterocycles. The number of hydrogen-bond acceptors (Lipinski definition) is 3. The minimum atomic E-state index is -0.382. The zero-order valence-corrected chi connectivity index (χ0v) is 14.5. The molecule has 0 saturated heterocycles. The first-order valence-electron chi connectivity index (χ1n) is 8.49. The Kier molecular flexibility index (Phi) is 5.59. The van der Waals surface area contributed by atoms with Gasteiger partial charge in [0.05, 0.1) is 18.3 Å². The van der Waals surface area contributed by atoms with E-state index in [2.05, 4.69) is 22.1 Å². The molecule has 1 heterocycles. The second-order valence-corrected chi connectivity index (χ2v) is 5.80. The fraction of sp³-hybridized carbons (Fsp3) is 0.143. The van der Waals surface area contributed by atoms with Crippen LogP contribution in [0.5, 0.6) is 0 Å². The van der Waals surface area contributed by atoms with Crippen LogP contribution >= 0.6 is 0 Å². The molecule has 0 saturated carbocycles. The monoisotopic (exact) mass is 349 g/mol. The van der Waals surface area contributed by atoms with Gasteiger partial charge in [-0.1, -0.05) is 36.4 Å². The quantitative estimate of drug-likeness (QED) is 0.709. The highest BCUT2D eigenvalue weighted by molar-refractivity contribution is 5.91. The molecule has 132 valence electrons. The van der Waals surface area contributed by atoms with Gasteiger partial charge in [-0.3, -0.25) is 4.79 Å². The van der Waals surface area contributed by atoms with Crippen molar-refractivity contribution >= 4 is 23.1 Å².